The van der Waals surface area contributed by atoms with Gasteiger partial charge in [0.25, 0.3) is 0 Å². The summed E-state index contributed by atoms with van der Waals surface area (Å²) in [5.74, 6) is 0. The molecule has 0 amide bonds. The molecule has 2 heterocycles. The van der Waals surface area contributed by atoms with Crippen LogP contribution in [0, 0.1) is 5.41 Å². The number of likely N-dealkylation sites (tertiary alicyclic amines) is 2. The van der Waals surface area contributed by atoms with Crippen LogP contribution in [-0.4, -0.2) is 49.1 Å². The van der Waals surface area contributed by atoms with E-state index in [0.29, 0.717) is 0 Å². The predicted octanol–water partition coefficient (Wildman–Crippen LogP) is 2.59. The molecule has 0 aliphatic carbocycles. The van der Waals surface area contributed by atoms with Gasteiger partial charge in [-0.2, -0.15) is 0 Å². The number of piperidine rings is 1. The van der Waals surface area contributed by atoms with E-state index in [-0.39, 0.29) is 0 Å². The molecule has 0 saturated carbocycles. The molecule has 0 radical (unpaired) electrons. The number of hydrogen-bond donors (Lipinski definition) is 0. The fraction of sp³-hybridized carbons (Fsp3) is 1.00. The van der Waals surface area contributed by atoms with Crippen LogP contribution in [0.4, 0.5) is 0 Å². The summed E-state index contributed by atoms with van der Waals surface area (Å²) in [5, 5.41) is 0. The number of unbranched alkanes of at least 4 members (excludes halogenated alkanes) is 1. The molecule has 94 valence electrons. The van der Waals surface area contributed by atoms with Crippen molar-refractivity contribution in [2.75, 3.05) is 39.3 Å². The lowest BCUT2D eigenvalue weighted by molar-refractivity contribution is -0.0465. The Morgan fingerprint density at radius 3 is 2.12 bits per heavy atom. The monoisotopic (exact) mass is 224 g/mol. The van der Waals surface area contributed by atoms with Crippen molar-refractivity contribution in [3.63, 3.8) is 0 Å². The number of nitrogens with zero attached hydrogens (tertiary/aromatic N) is 2. The lowest BCUT2D eigenvalue weighted by atomic mass is 9.72. The Kier molecular flexibility index (Phi) is 4.26. The average molecular weight is 224 g/mol. The van der Waals surface area contributed by atoms with E-state index in [1.54, 1.807) is 0 Å². The van der Waals surface area contributed by atoms with Gasteiger partial charge in [0.15, 0.2) is 0 Å². The van der Waals surface area contributed by atoms with Crippen LogP contribution in [0.2, 0.25) is 0 Å². The SMILES string of the molecule is CCCCN1CC2(CCN(CCC)CC2)C1. The molecule has 2 aliphatic heterocycles. The second-order valence-corrected chi connectivity index (χ2v) is 5.91. The van der Waals surface area contributed by atoms with Gasteiger partial charge in [-0.15, -0.1) is 0 Å². The van der Waals surface area contributed by atoms with Gasteiger partial charge in [-0.25, -0.2) is 0 Å². The third-order valence-corrected chi connectivity index (χ3v) is 4.40. The van der Waals surface area contributed by atoms with E-state index in [4.69, 9.17) is 0 Å². The molecule has 2 heteroatoms. The first-order valence-corrected chi connectivity index (χ1v) is 7.23. The molecule has 2 nitrogen and oxygen atoms in total. The van der Waals surface area contributed by atoms with Gasteiger partial charge in [0, 0.05) is 13.1 Å². The highest BCUT2D eigenvalue weighted by Gasteiger charge is 2.43. The molecule has 0 bridgehead atoms. The van der Waals surface area contributed by atoms with E-state index in [9.17, 15) is 0 Å². The zero-order chi connectivity index (χ0) is 11.4. The van der Waals surface area contributed by atoms with E-state index in [2.05, 4.69) is 23.6 Å². The Labute approximate surface area is 101 Å². The third-order valence-electron chi connectivity index (χ3n) is 4.40. The van der Waals surface area contributed by atoms with Crippen molar-refractivity contribution < 1.29 is 0 Å². The van der Waals surface area contributed by atoms with Gasteiger partial charge < -0.3 is 9.80 Å². The molecule has 0 aromatic heterocycles. The fourth-order valence-corrected chi connectivity index (χ4v) is 3.33. The Hall–Kier alpha value is -0.0800. The zero-order valence-electron chi connectivity index (χ0n) is 11.2. The van der Waals surface area contributed by atoms with Gasteiger partial charge in [0.2, 0.25) is 0 Å². The van der Waals surface area contributed by atoms with Gasteiger partial charge in [-0.3, -0.25) is 0 Å². The molecule has 0 aromatic rings. The summed E-state index contributed by atoms with van der Waals surface area (Å²) in [5.41, 5.74) is 0.734. The van der Waals surface area contributed by atoms with Crippen molar-refractivity contribution in [2.45, 2.75) is 46.0 Å². The first-order valence-electron chi connectivity index (χ1n) is 7.23. The van der Waals surface area contributed by atoms with Crippen LogP contribution < -0.4 is 0 Å². The number of hydrogen-bond acceptors (Lipinski definition) is 2. The summed E-state index contributed by atoms with van der Waals surface area (Å²) in [4.78, 5) is 5.32. The van der Waals surface area contributed by atoms with Crippen molar-refractivity contribution in [3.8, 4) is 0 Å². The van der Waals surface area contributed by atoms with Gasteiger partial charge >= 0.3 is 0 Å². The lowest BCUT2D eigenvalue weighted by Crippen LogP contribution is -2.60. The summed E-state index contributed by atoms with van der Waals surface area (Å²) in [6.45, 7) is 12.7. The van der Waals surface area contributed by atoms with E-state index in [1.165, 1.54) is 71.4 Å². The summed E-state index contributed by atoms with van der Waals surface area (Å²) >= 11 is 0. The second-order valence-electron chi connectivity index (χ2n) is 5.91. The molecule has 1 spiro atoms. The van der Waals surface area contributed by atoms with Gasteiger partial charge in [0.1, 0.15) is 0 Å². The molecule has 2 aliphatic rings. The molecule has 0 unspecified atom stereocenters. The highest BCUT2D eigenvalue weighted by Crippen LogP contribution is 2.40. The maximum Gasteiger partial charge on any atom is 0.00514 e. The van der Waals surface area contributed by atoms with E-state index >= 15 is 0 Å². The van der Waals surface area contributed by atoms with Crippen LogP contribution in [0.5, 0.6) is 0 Å². The van der Waals surface area contributed by atoms with Crippen LogP contribution in [0.25, 0.3) is 0 Å². The molecule has 0 atom stereocenters. The van der Waals surface area contributed by atoms with E-state index in [0.717, 1.165) is 5.41 Å². The minimum Gasteiger partial charge on any atom is -0.303 e. The Balaban J connectivity index is 1.66. The van der Waals surface area contributed by atoms with E-state index in [1.807, 2.05) is 0 Å². The maximum atomic E-state index is 2.67. The quantitative estimate of drug-likeness (QED) is 0.708. The third kappa shape index (κ3) is 2.78. The molecular weight excluding hydrogens is 196 g/mol. The molecule has 16 heavy (non-hydrogen) atoms. The zero-order valence-corrected chi connectivity index (χ0v) is 11.2. The van der Waals surface area contributed by atoms with Crippen molar-refractivity contribution in [3.05, 3.63) is 0 Å². The minimum absolute atomic E-state index is 0.734. The van der Waals surface area contributed by atoms with Crippen molar-refractivity contribution in [1.29, 1.82) is 0 Å². The molecule has 2 fully saturated rings. The van der Waals surface area contributed by atoms with Gasteiger partial charge in [-0.05, 0) is 57.3 Å². The Bertz CT molecular complexity index is 191. The topological polar surface area (TPSA) is 6.48 Å². The Morgan fingerprint density at radius 2 is 1.56 bits per heavy atom. The smallest absolute Gasteiger partial charge is 0.00514 e. The average Bonchev–Trinajstić information content (AvgIpc) is 2.26. The molecule has 2 saturated heterocycles. The number of rotatable bonds is 5. The molecule has 0 N–H and O–H groups in total. The maximum absolute atomic E-state index is 2.67. The van der Waals surface area contributed by atoms with Gasteiger partial charge in [-0.1, -0.05) is 20.3 Å². The summed E-state index contributed by atoms with van der Waals surface area (Å²) in [7, 11) is 0. The molecule has 2 rings (SSSR count). The van der Waals surface area contributed by atoms with Crippen LogP contribution >= 0.6 is 0 Å². The summed E-state index contributed by atoms with van der Waals surface area (Å²) < 4.78 is 0. The summed E-state index contributed by atoms with van der Waals surface area (Å²) in [6, 6.07) is 0. The lowest BCUT2D eigenvalue weighted by Gasteiger charge is -2.54. The first kappa shape index (κ1) is 12.4. The van der Waals surface area contributed by atoms with E-state index < -0.39 is 0 Å². The minimum atomic E-state index is 0.734. The largest absolute Gasteiger partial charge is 0.303 e. The predicted molar refractivity (Wildman–Crippen MR) is 69.7 cm³/mol. The van der Waals surface area contributed by atoms with Crippen LogP contribution in [0.15, 0.2) is 0 Å². The normalized spacial score (nSPS) is 25.9. The van der Waals surface area contributed by atoms with Crippen molar-refractivity contribution >= 4 is 0 Å². The standard InChI is InChI=1S/C14H28N2/c1-3-5-9-16-12-14(13-16)6-10-15(8-4-2)11-7-14/h3-13H2,1-2H3. The van der Waals surface area contributed by atoms with Crippen LogP contribution in [-0.2, 0) is 0 Å². The fourth-order valence-electron chi connectivity index (χ4n) is 3.33. The van der Waals surface area contributed by atoms with Crippen LogP contribution in [0.3, 0.4) is 0 Å². The second kappa shape index (κ2) is 5.50. The van der Waals surface area contributed by atoms with Crippen molar-refractivity contribution in [2.24, 2.45) is 5.41 Å². The molecule has 0 aromatic carbocycles. The molecular formula is C14H28N2. The highest BCUT2D eigenvalue weighted by atomic mass is 15.2. The highest BCUT2D eigenvalue weighted by molar-refractivity contribution is 4.97. The first-order chi connectivity index (χ1) is 7.78. The Morgan fingerprint density at radius 1 is 0.875 bits per heavy atom. The van der Waals surface area contributed by atoms with Crippen molar-refractivity contribution in [1.82, 2.24) is 9.80 Å². The van der Waals surface area contributed by atoms with Gasteiger partial charge in [0.05, 0.1) is 0 Å². The van der Waals surface area contributed by atoms with Crippen LogP contribution in [0.1, 0.15) is 46.0 Å². The summed E-state index contributed by atoms with van der Waals surface area (Å²) in [6.07, 6.45) is 6.95.